The maximum atomic E-state index is 13.7. The number of hydrogen-bond acceptors (Lipinski definition) is 2. The van der Waals surface area contributed by atoms with Crippen molar-refractivity contribution < 1.29 is 13.6 Å². The second-order valence-electron chi connectivity index (χ2n) is 4.95. The molecule has 0 radical (unpaired) electrons. The Morgan fingerprint density at radius 2 is 2.05 bits per heavy atom. The van der Waals surface area contributed by atoms with Crippen LogP contribution in [0.15, 0.2) is 46.9 Å². The molecule has 0 aliphatic heterocycles. The van der Waals surface area contributed by atoms with E-state index in [2.05, 4.69) is 0 Å². The maximum Gasteiger partial charge on any atom is 0.202 e. The summed E-state index contributed by atoms with van der Waals surface area (Å²) in [4.78, 5) is 12.3. The Hall–Kier alpha value is -2.13. The lowest BCUT2D eigenvalue weighted by Crippen LogP contribution is -2.04. The van der Waals surface area contributed by atoms with Crippen molar-refractivity contribution in [2.24, 2.45) is 0 Å². The number of fused-ring (bicyclic) bond motifs is 1. The fourth-order valence-electron chi connectivity index (χ4n) is 2.25. The molecule has 0 aliphatic rings. The van der Waals surface area contributed by atoms with E-state index in [0.29, 0.717) is 5.58 Å². The SMILES string of the molecule is Cc1ccc2oc(C(=O)Cc3c(F)cccc3Cl)cc2c1. The van der Waals surface area contributed by atoms with Gasteiger partial charge in [0, 0.05) is 22.4 Å². The quantitative estimate of drug-likeness (QED) is 0.640. The molecule has 0 spiro atoms. The second-order valence-corrected chi connectivity index (χ2v) is 5.36. The van der Waals surface area contributed by atoms with Gasteiger partial charge in [-0.25, -0.2) is 4.39 Å². The molecule has 2 aromatic carbocycles. The lowest BCUT2D eigenvalue weighted by atomic mass is 10.1. The number of hydrogen-bond donors (Lipinski definition) is 0. The standard InChI is InChI=1S/C17H12ClFO2/c1-10-5-6-16-11(7-10)8-17(21-16)15(20)9-12-13(18)3-2-4-14(12)19/h2-8H,9H2,1H3. The van der Waals surface area contributed by atoms with Crippen LogP contribution in [0.5, 0.6) is 0 Å². The fourth-order valence-corrected chi connectivity index (χ4v) is 2.48. The Bertz CT molecular complexity index is 816. The van der Waals surface area contributed by atoms with Crippen LogP contribution >= 0.6 is 11.6 Å². The van der Waals surface area contributed by atoms with Gasteiger partial charge in [-0.3, -0.25) is 4.79 Å². The summed E-state index contributed by atoms with van der Waals surface area (Å²) in [5.41, 5.74) is 1.92. The molecule has 0 saturated heterocycles. The van der Waals surface area contributed by atoms with Crippen molar-refractivity contribution in [2.75, 3.05) is 0 Å². The third kappa shape index (κ3) is 2.69. The highest BCUT2D eigenvalue weighted by Gasteiger charge is 2.17. The summed E-state index contributed by atoms with van der Waals surface area (Å²) in [5, 5.41) is 1.10. The first-order chi connectivity index (χ1) is 10.0. The average molecular weight is 303 g/mol. The normalized spacial score (nSPS) is 11.0. The van der Waals surface area contributed by atoms with Gasteiger partial charge in [-0.05, 0) is 37.3 Å². The molecule has 0 aliphatic carbocycles. The molecule has 0 N–H and O–H groups in total. The van der Waals surface area contributed by atoms with E-state index in [4.69, 9.17) is 16.0 Å². The Kier molecular flexibility index (Phi) is 3.52. The van der Waals surface area contributed by atoms with Crippen LogP contribution in [0.1, 0.15) is 21.7 Å². The van der Waals surface area contributed by atoms with Gasteiger partial charge in [-0.15, -0.1) is 0 Å². The van der Waals surface area contributed by atoms with Crippen molar-refractivity contribution in [3.05, 3.63) is 70.2 Å². The van der Waals surface area contributed by atoms with Crippen molar-refractivity contribution in [3.8, 4) is 0 Å². The zero-order valence-corrected chi connectivity index (χ0v) is 12.1. The summed E-state index contributed by atoms with van der Waals surface area (Å²) < 4.78 is 19.2. The van der Waals surface area contributed by atoms with Gasteiger partial charge >= 0.3 is 0 Å². The van der Waals surface area contributed by atoms with E-state index >= 15 is 0 Å². The number of halogens is 2. The summed E-state index contributed by atoms with van der Waals surface area (Å²) >= 11 is 5.94. The van der Waals surface area contributed by atoms with Gasteiger partial charge in [0.25, 0.3) is 0 Å². The van der Waals surface area contributed by atoms with E-state index in [-0.39, 0.29) is 28.6 Å². The number of carbonyl (C=O) groups excluding carboxylic acids is 1. The molecular formula is C17H12ClFO2. The maximum absolute atomic E-state index is 13.7. The molecule has 3 aromatic rings. The third-order valence-electron chi connectivity index (χ3n) is 3.35. The van der Waals surface area contributed by atoms with Gasteiger partial charge in [0.05, 0.1) is 0 Å². The summed E-state index contributed by atoms with van der Waals surface area (Å²) in [6.07, 6.45) is -0.121. The Morgan fingerprint density at radius 3 is 2.81 bits per heavy atom. The number of benzene rings is 2. The Labute approximate surface area is 126 Å². The molecular weight excluding hydrogens is 291 g/mol. The molecule has 0 atom stereocenters. The minimum absolute atomic E-state index is 0.121. The van der Waals surface area contributed by atoms with Gasteiger partial charge in [-0.2, -0.15) is 0 Å². The Balaban J connectivity index is 1.94. The van der Waals surface area contributed by atoms with E-state index in [1.54, 1.807) is 12.1 Å². The number of carbonyl (C=O) groups is 1. The lowest BCUT2D eigenvalue weighted by Gasteiger charge is -2.03. The summed E-state index contributed by atoms with van der Waals surface area (Å²) in [7, 11) is 0. The summed E-state index contributed by atoms with van der Waals surface area (Å²) in [5.74, 6) is -0.562. The minimum atomic E-state index is -0.484. The van der Waals surface area contributed by atoms with Gasteiger partial charge in [0.2, 0.25) is 5.78 Å². The topological polar surface area (TPSA) is 30.2 Å². The van der Waals surface area contributed by atoms with E-state index in [1.807, 2.05) is 25.1 Å². The summed E-state index contributed by atoms with van der Waals surface area (Å²) in [6, 6.07) is 11.7. The van der Waals surface area contributed by atoms with Crippen molar-refractivity contribution in [3.63, 3.8) is 0 Å². The highest BCUT2D eigenvalue weighted by atomic mass is 35.5. The van der Waals surface area contributed by atoms with Crippen LogP contribution in [0.3, 0.4) is 0 Å². The average Bonchev–Trinajstić information content (AvgIpc) is 2.86. The zero-order chi connectivity index (χ0) is 15.0. The molecule has 1 heterocycles. The Morgan fingerprint density at radius 1 is 1.24 bits per heavy atom. The lowest BCUT2D eigenvalue weighted by molar-refractivity contribution is 0.0967. The van der Waals surface area contributed by atoms with Crippen molar-refractivity contribution in [1.82, 2.24) is 0 Å². The van der Waals surface area contributed by atoms with Crippen LogP contribution in [0.4, 0.5) is 4.39 Å². The molecule has 21 heavy (non-hydrogen) atoms. The molecule has 0 amide bonds. The monoisotopic (exact) mass is 302 g/mol. The van der Waals surface area contributed by atoms with E-state index in [0.717, 1.165) is 10.9 Å². The molecule has 0 bridgehead atoms. The van der Waals surface area contributed by atoms with Crippen LogP contribution < -0.4 is 0 Å². The number of aryl methyl sites for hydroxylation is 1. The molecule has 4 heteroatoms. The molecule has 3 rings (SSSR count). The third-order valence-corrected chi connectivity index (χ3v) is 3.70. The van der Waals surface area contributed by atoms with Crippen LogP contribution in [0.25, 0.3) is 11.0 Å². The second kappa shape index (κ2) is 5.34. The summed E-state index contributed by atoms with van der Waals surface area (Å²) in [6.45, 7) is 1.97. The smallest absolute Gasteiger partial charge is 0.202 e. The number of ketones is 1. The first-order valence-electron chi connectivity index (χ1n) is 6.51. The largest absolute Gasteiger partial charge is 0.453 e. The van der Waals surface area contributed by atoms with Crippen molar-refractivity contribution in [1.29, 1.82) is 0 Å². The first-order valence-corrected chi connectivity index (χ1v) is 6.88. The number of rotatable bonds is 3. The van der Waals surface area contributed by atoms with Gasteiger partial charge in [-0.1, -0.05) is 29.3 Å². The first kappa shape index (κ1) is 13.8. The van der Waals surface area contributed by atoms with Crippen LogP contribution in [-0.4, -0.2) is 5.78 Å². The van der Waals surface area contributed by atoms with Crippen LogP contribution in [0, 0.1) is 12.7 Å². The molecule has 0 unspecified atom stereocenters. The molecule has 106 valence electrons. The van der Waals surface area contributed by atoms with Gasteiger partial charge in [0.1, 0.15) is 11.4 Å². The molecule has 0 fully saturated rings. The highest BCUT2D eigenvalue weighted by Crippen LogP contribution is 2.24. The minimum Gasteiger partial charge on any atom is -0.453 e. The molecule has 1 aromatic heterocycles. The van der Waals surface area contributed by atoms with E-state index < -0.39 is 5.82 Å². The molecule has 2 nitrogen and oxygen atoms in total. The number of furan rings is 1. The van der Waals surface area contributed by atoms with Gasteiger partial charge in [0.15, 0.2) is 5.76 Å². The fraction of sp³-hybridized carbons (Fsp3) is 0.118. The van der Waals surface area contributed by atoms with Crippen molar-refractivity contribution in [2.45, 2.75) is 13.3 Å². The zero-order valence-electron chi connectivity index (χ0n) is 11.3. The predicted molar refractivity (Wildman–Crippen MR) is 80.4 cm³/mol. The van der Waals surface area contributed by atoms with E-state index in [1.165, 1.54) is 12.1 Å². The van der Waals surface area contributed by atoms with Gasteiger partial charge < -0.3 is 4.42 Å². The number of Topliss-reactive ketones (excluding diaryl/α,β-unsaturated/α-hetero) is 1. The van der Waals surface area contributed by atoms with Crippen LogP contribution in [0.2, 0.25) is 5.02 Å². The highest BCUT2D eigenvalue weighted by molar-refractivity contribution is 6.31. The van der Waals surface area contributed by atoms with E-state index in [9.17, 15) is 9.18 Å². The van der Waals surface area contributed by atoms with Crippen LogP contribution in [-0.2, 0) is 6.42 Å². The van der Waals surface area contributed by atoms with Crippen molar-refractivity contribution >= 4 is 28.4 Å². The molecule has 0 saturated carbocycles. The predicted octanol–water partition coefficient (Wildman–Crippen LogP) is 4.96.